The van der Waals surface area contributed by atoms with E-state index in [0.29, 0.717) is 19.4 Å². The first-order chi connectivity index (χ1) is 8.45. The van der Waals surface area contributed by atoms with Gasteiger partial charge in [0.15, 0.2) is 0 Å². The molecule has 4 nitrogen and oxygen atoms in total. The molecule has 0 aromatic heterocycles. The van der Waals surface area contributed by atoms with Crippen LogP contribution in [0.25, 0.3) is 10.4 Å². The smallest absolute Gasteiger partial charge is 0.0790 e. The van der Waals surface area contributed by atoms with Gasteiger partial charge in [0.25, 0.3) is 0 Å². The van der Waals surface area contributed by atoms with E-state index in [1.54, 1.807) is 0 Å². The van der Waals surface area contributed by atoms with Crippen LogP contribution in [-0.4, -0.2) is 11.7 Å². The SMILES string of the molecule is CC(C)(C)c1ccc(C(O)CCCN=[N+]=[N-])cc1. The van der Waals surface area contributed by atoms with Gasteiger partial charge >= 0.3 is 0 Å². The van der Waals surface area contributed by atoms with Gasteiger partial charge in [0.2, 0.25) is 0 Å². The summed E-state index contributed by atoms with van der Waals surface area (Å²) in [4.78, 5) is 2.69. The average molecular weight is 247 g/mol. The zero-order chi connectivity index (χ0) is 13.6. The molecule has 0 heterocycles. The molecule has 0 amide bonds. The molecular weight excluding hydrogens is 226 g/mol. The third kappa shape index (κ3) is 4.40. The highest BCUT2D eigenvalue weighted by Gasteiger charge is 2.14. The first-order valence-corrected chi connectivity index (χ1v) is 6.24. The van der Waals surface area contributed by atoms with Crippen molar-refractivity contribution in [1.29, 1.82) is 0 Å². The molecule has 1 aromatic rings. The fourth-order valence-corrected chi connectivity index (χ4v) is 1.77. The zero-order valence-electron chi connectivity index (χ0n) is 11.3. The van der Waals surface area contributed by atoms with E-state index in [4.69, 9.17) is 5.53 Å². The van der Waals surface area contributed by atoms with Crippen molar-refractivity contribution in [2.45, 2.75) is 45.1 Å². The maximum absolute atomic E-state index is 9.98. The van der Waals surface area contributed by atoms with Crippen LogP contribution >= 0.6 is 0 Å². The van der Waals surface area contributed by atoms with Crippen LogP contribution in [0, 0.1) is 0 Å². The quantitative estimate of drug-likeness (QED) is 0.362. The molecule has 4 heteroatoms. The molecule has 0 fully saturated rings. The van der Waals surface area contributed by atoms with Crippen molar-refractivity contribution < 1.29 is 5.11 Å². The molecule has 0 bridgehead atoms. The van der Waals surface area contributed by atoms with Crippen LogP contribution in [0.15, 0.2) is 29.4 Å². The van der Waals surface area contributed by atoms with Crippen molar-refractivity contribution in [3.05, 3.63) is 45.8 Å². The summed E-state index contributed by atoms with van der Waals surface area (Å²) in [6.45, 7) is 6.93. The van der Waals surface area contributed by atoms with Gasteiger partial charge in [-0.15, -0.1) is 0 Å². The minimum atomic E-state index is -0.479. The number of hydrogen-bond donors (Lipinski definition) is 1. The van der Waals surface area contributed by atoms with Gasteiger partial charge in [0.1, 0.15) is 0 Å². The van der Waals surface area contributed by atoms with Crippen LogP contribution in [0.4, 0.5) is 0 Å². The largest absolute Gasteiger partial charge is 0.388 e. The Morgan fingerprint density at radius 2 is 1.89 bits per heavy atom. The van der Waals surface area contributed by atoms with Crippen molar-refractivity contribution >= 4 is 0 Å². The maximum Gasteiger partial charge on any atom is 0.0790 e. The zero-order valence-corrected chi connectivity index (χ0v) is 11.3. The monoisotopic (exact) mass is 247 g/mol. The molecule has 18 heavy (non-hydrogen) atoms. The molecule has 0 spiro atoms. The Labute approximate surface area is 108 Å². The third-order valence-electron chi connectivity index (χ3n) is 2.96. The van der Waals surface area contributed by atoms with Crippen molar-refractivity contribution in [2.75, 3.05) is 6.54 Å². The molecule has 1 unspecified atom stereocenters. The lowest BCUT2D eigenvalue weighted by atomic mass is 9.86. The summed E-state index contributed by atoms with van der Waals surface area (Å²) in [5, 5.41) is 13.4. The number of hydrogen-bond acceptors (Lipinski definition) is 2. The summed E-state index contributed by atoms with van der Waals surface area (Å²) in [6.07, 6.45) is 0.841. The molecule has 0 aliphatic rings. The molecule has 98 valence electrons. The highest BCUT2D eigenvalue weighted by atomic mass is 16.3. The van der Waals surface area contributed by atoms with Crippen LogP contribution in [0.1, 0.15) is 50.8 Å². The van der Waals surface area contributed by atoms with E-state index in [2.05, 4.69) is 42.9 Å². The van der Waals surface area contributed by atoms with Crippen LogP contribution in [-0.2, 0) is 5.41 Å². The Balaban J connectivity index is 2.59. The number of nitrogens with zero attached hydrogens (tertiary/aromatic N) is 3. The molecule has 0 saturated carbocycles. The lowest BCUT2D eigenvalue weighted by molar-refractivity contribution is 0.165. The summed E-state index contributed by atoms with van der Waals surface area (Å²) in [5.41, 5.74) is 10.5. The summed E-state index contributed by atoms with van der Waals surface area (Å²) >= 11 is 0. The molecule has 0 aliphatic heterocycles. The number of aliphatic hydroxyl groups is 1. The summed E-state index contributed by atoms with van der Waals surface area (Å²) in [7, 11) is 0. The Bertz CT molecular complexity index is 414. The molecule has 0 aliphatic carbocycles. The normalized spacial score (nSPS) is 12.9. The lowest BCUT2D eigenvalue weighted by Gasteiger charge is -2.20. The molecule has 1 atom stereocenters. The topological polar surface area (TPSA) is 69.0 Å². The van der Waals surface area contributed by atoms with Gasteiger partial charge in [-0.2, -0.15) is 0 Å². The van der Waals surface area contributed by atoms with Gasteiger partial charge < -0.3 is 5.11 Å². The van der Waals surface area contributed by atoms with Gasteiger partial charge in [-0.05, 0) is 34.9 Å². The summed E-state index contributed by atoms with van der Waals surface area (Å²) < 4.78 is 0. The first kappa shape index (κ1) is 14.6. The molecule has 1 aromatic carbocycles. The van der Waals surface area contributed by atoms with Crippen molar-refractivity contribution in [1.82, 2.24) is 0 Å². The van der Waals surface area contributed by atoms with E-state index in [9.17, 15) is 5.11 Å². The third-order valence-corrected chi connectivity index (χ3v) is 2.96. The highest BCUT2D eigenvalue weighted by molar-refractivity contribution is 5.28. The molecule has 0 saturated heterocycles. The van der Waals surface area contributed by atoms with Gasteiger partial charge in [0, 0.05) is 11.5 Å². The Hall–Kier alpha value is -1.51. The second kappa shape index (κ2) is 6.43. The van der Waals surface area contributed by atoms with Gasteiger partial charge in [-0.3, -0.25) is 0 Å². The second-order valence-corrected chi connectivity index (χ2v) is 5.48. The molecule has 0 radical (unpaired) electrons. The van der Waals surface area contributed by atoms with Crippen LogP contribution in [0.3, 0.4) is 0 Å². The second-order valence-electron chi connectivity index (χ2n) is 5.48. The minimum absolute atomic E-state index is 0.130. The number of rotatable bonds is 5. The molecular formula is C14H21N3O. The fourth-order valence-electron chi connectivity index (χ4n) is 1.77. The maximum atomic E-state index is 9.98. The van der Waals surface area contributed by atoms with E-state index in [-0.39, 0.29) is 5.41 Å². The van der Waals surface area contributed by atoms with Gasteiger partial charge in [-0.25, -0.2) is 0 Å². The van der Waals surface area contributed by atoms with Gasteiger partial charge in [-0.1, -0.05) is 50.2 Å². The Morgan fingerprint density at radius 3 is 2.39 bits per heavy atom. The first-order valence-electron chi connectivity index (χ1n) is 6.24. The van der Waals surface area contributed by atoms with Crippen LogP contribution in [0.5, 0.6) is 0 Å². The predicted molar refractivity (Wildman–Crippen MR) is 73.3 cm³/mol. The fraction of sp³-hybridized carbons (Fsp3) is 0.571. The van der Waals surface area contributed by atoms with Gasteiger partial charge in [0.05, 0.1) is 6.10 Å². The average Bonchev–Trinajstić information content (AvgIpc) is 2.33. The van der Waals surface area contributed by atoms with E-state index in [1.807, 2.05) is 12.1 Å². The molecule has 1 N–H and O–H groups in total. The van der Waals surface area contributed by atoms with E-state index >= 15 is 0 Å². The van der Waals surface area contributed by atoms with E-state index < -0.39 is 6.10 Å². The predicted octanol–water partition coefficient (Wildman–Crippen LogP) is 4.11. The summed E-state index contributed by atoms with van der Waals surface area (Å²) in [6, 6.07) is 8.07. The standard InChI is InChI=1S/C14H21N3O/c1-14(2,3)12-8-6-11(7-9-12)13(18)5-4-10-16-17-15/h6-9,13,18H,4-5,10H2,1-3H3. The number of aliphatic hydroxyl groups excluding tert-OH is 1. The lowest BCUT2D eigenvalue weighted by Crippen LogP contribution is -2.11. The molecule has 1 rings (SSSR count). The van der Waals surface area contributed by atoms with Crippen molar-refractivity contribution in [3.8, 4) is 0 Å². The van der Waals surface area contributed by atoms with E-state index in [0.717, 1.165) is 5.56 Å². The van der Waals surface area contributed by atoms with Crippen molar-refractivity contribution in [3.63, 3.8) is 0 Å². The minimum Gasteiger partial charge on any atom is -0.388 e. The Kier molecular flexibility index (Phi) is 5.20. The van der Waals surface area contributed by atoms with Crippen LogP contribution in [0.2, 0.25) is 0 Å². The Morgan fingerprint density at radius 1 is 1.28 bits per heavy atom. The highest BCUT2D eigenvalue weighted by Crippen LogP contribution is 2.25. The number of benzene rings is 1. The number of azide groups is 1. The van der Waals surface area contributed by atoms with Crippen molar-refractivity contribution in [2.24, 2.45) is 5.11 Å². The van der Waals surface area contributed by atoms with E-state index in [1.165, 1.54) is 5.56 Å². The summed E-state index contributed by atoms with van der Waals surface area (Å²) in [5.74, 6) is 0. The van der Waals surface area contributed by atoms with Crippen LogP contribution < -0.4 is 0 Å².